The Bertz CT molecular complexity index is 604. The van der Waals surface area contributed by atoms with Crippen LogP contribution in [0.25, 0.3) is 10.9 Å². The number of nitrogens with one attached hydrogen (secondary N) is 1. The van der Waals surface area contributed by atoms with Crippen molar-refractivity contribution in [2.75, 3.05) is 6.26 Å². The molecule has 0 atom stereocenters. The third-order valence-corrected chi connectivity index (χ3v) is 3.16. The summed E-state index contributed by atoms with van der Waals surface area (Å²) in [6.45, 7) is 0.583. The van der Waals surface area contributed by atoms with E-state index in [0.717, 1.165) is 11.3 Å². The van der Waals surface area contributed by atoms with Gasteiger partial charge in [0.15, 0.2) is 0 Å². The molecule has 2 aromatic carbocycles. The van der Waals surface area contributed by atoms with Gasteiger partial charge < -0.3 is 14.9 Å². The number of benzene rings is 2. The molecule has 3 nitrogen and oxygen atoms in total. The number of nitrogens with two attached hydrogens (primary N) is 1. The summed E-state index contributed by atoms with van der Waals surface area (Å²) >= 11 is 1.34. The number of hydrogen-bond acceptors (Lipinski definition) is 3. The molecule has 0 amide bonds. The van der Waals surface area contributed by atoms with Crippen LogP contribution in [0, 0.1) is 0 Å². The molecule has 1 heterocycles. The van der Waals surface area contributed by atoms with Gasteiger partial charge in [0.05, 0.1) is 12.0 Å². The zero-order valence-electron chi connectivity index (χ0n) is 11.4. The highest BCUT2D eigenvalue weighted by molar-refractivity contribution is 7.94. The first-order valence-corrected chi connectivity index (χ1v) is 7.50. The minimum absolute atomic E-state index is 0.583. The molecule has 3 N–H and O–H groups in total. The highest BCUT2D eigenvalue weighted by Crippen LogP contribution is 2.15. The molecule has 0 spiro atoms. The average molecular weight is 286 g/mol. The van der Waals surface area contributed by atoms with Gasteiger partial charge in [-0.05, 0) is 35.2 Å². The molecule has 0 aliphatic rings. The van der Waals surface area contributed by atoms with Gasteiger partial charge in [0.1, 0.15) is 5.75 Å². The van der Waals surface area contributed by atoms with Gasteiger partial charge >= 0.3 is 0 Å². The van der Waals surface area contributed by atoms with Crippen molar-refractivity contribution in [3.63, 3.8) is 0 Å². The molecule has 0 aliphatic carbocycles. The van der Waals surface area contributed by atoms with Gasteiger partial charge in [0.25, 0.3) is 0 Å². The summed E-state index contributed by atoms with van der Waals surface area (Å²) in [5, 5.41) is 1.28. The summed E-state index contributed by atoms with van der Waals surface area (Å²) in [5.41, 5.74) is 7.76. The molecule has 1 aromatic heterocycles. The van der Waals surface area contributed by atoms with Crippen molar-refractivity contribution in [1.29, 1.82) is 0 Å². The second-order valence-electron chi connectivity index (χ2n) is 4.16. The summed E-state index contributed by atoms with van der Waals surface area (Å²) in [6, 6.07) is 18.0. The van der Waals surface area contributed by atoms with Crippen molar-refractivity contribution in [3.8, 4) is 5.75 Å². The largest absolute Gasteiger partial charge is 0.426 e. The highest BCUT2D eigenvalue weighted by atomic mass is 32.2. The van der Waals surface area contributed by atoms with Crippen LogP contribution in [0.15, 0.2) is 60.8 Å². The predicted octanol–water partition coefficient (Wildman–Crippen LogP) is 3.97. The Balaban J connectivity index is 0.000000149. The first kappa shape index (κ1) is 14.5. The maximum absolute atomic E-state index is 5.43. The third-order valence-electron chi connectivity index (χ3n) is 2.80. The Morgan fingerprint density at radius 3 is 2.45 bits per heavy atom. The number of para-hydroxylation sites is 1. The first-order chi connectivity index (χ1) is 9.83. The van der Waals surface area contributed by atoms with Crippen molar-refractivity contribution >= 4 is 22.9 Å². The monoisotopic (exact) mass is 286 g/mol. The van der Waals surface area contributed by atoms with E-state index in [4.69, 9.17) is 9.92 Å². The molecule has 0 bridgehead atoms. The van der Waals surface area contributed by atoms with Crippen molar-refractivity contribution in [3.05, 3.63) is 66.4 Å². The molecule has 0 fully saturated rings. The van der Waals surface area contributed by atoms with Crippen molar-refractivity contribution in [1.82, 2.24) is 4.98 Å². The molecule has 3 rings (SSSR count). The van der Waals surface area contributed by atoms with Gasteiger partial charge in [-0.1, -0.05) is 30.3 Å². The number of hydrogen-bond donors (Lipinski definition) is 2. The molecule has 4 heteroatoms. The number of aromatic nitrogens is 1. The Morgan fingerprint density at radius 1 is 1.05 bits per heavy atom. The van der Waals surface area contributed by atoms with Gasteiger partial charge in [-0.15, -0.1) is 0 Å². The van der Waals surface area contributed by atoms with Gasteiger partial charge in [0.2, 0.25) is 0 Å². The molecular formula is C16H18N2OS. The van der Waals surface area contributed by atoms with E-state index in [1.165, 1.54) is 22.9 Å². The molecule has 20 heavy (non-hydrogen) atoms. The van der Waals surface area contributed by atoms with Gasteiger partial charge in [-0.25, -0.2) is 0 Å². The molecule has 0 saturated carbocycles. The minimum atomic E-state index is 0.583. The third kappa shape index (κ3) is 4.05. The Hall–Kier alpha value is -1.91. The minimum Gasteiger partial charge on any atom is -0.426 e. The second kappa shape index (κ2) is 7.62. The summed E-state index contributed by atoms with van der Waals surface area (Å²) < 4.78 is 5.18. The maximum Gasteiger partial charge on any atom is 0.137 e. The lowest BCUT2D eigenvalue weighted by Crippen LogP contribution is -1.94. The van der Waals surface area contributed by atoms with E-state index >= 15 is 0 Å². The van der Waals surface area contributed by atoms with Gasteiger partial charge in [0, 0.05) is 24.5 Å². The van der Waals surface area contributed by atoms with E-state index in [0.29, 0.717) is 6.54 Å². The molecule has 3 aromatic rings. The van der Waals surface area contributed by atoms with Crippen LogP contribution in [0.5, 0.6) is 5.75 Å². The summed E-state index contributed by atoms with van der Waals surface area (Å²) in [5.74, 6) is 0.870. The highest BCUT2D eigenvalue weighted by Gasteiger charge is 1.91. The zero-order chi connectivity index (χ0) is 14.2. The molecular weight excluding hydrogens is 268 g/mol. The van der Waals surface area contributed by atoms with E-state index in [-0.39, 0.29) is 0 Å². The van der Waals surface area contributed by atoms with Crippen LogP contribution < -0.4 is 9.92 Å². The van der Waals surface area contributed by atoms with Gasteiger partial charge in [-0.2, -0.15) is 0 Å². The van der Waals surface area contributed by atoms with E-state index in [1.807, 2.05) is 48.9 Å². The molecule has 0 aliphatic heterocycles. The smallest absolute Gasteiger partial charge is 0.137 e. The topological polar surface area (TPSA) is 51.0 Å². The summed E-state index contributed by atoms with van der Waals surface area (Å²) in [6.07, 6.45) is 3.83. The van der Waals surface area contributed by atoms with Crippen LogP contribution in [0.2, 0.25) is 0 Å². The second-order valence-corrected chi connectivity index (χ2v) is 4.66. The standard InChI is InChI=1S/C8H11NOS.C8H7N/c1-11-10-8-4-2-7(6-9)3-5-8;1-2-4-8-7(3-1)5-6-9-8/h2-5H,6,9H2,1H3;1-6,9H. The SMILES string of the molecule is CSOc1ccc(CN)cc1.c1ccc2[nH]ccc2c1. The molecule has 0 saturated heterocycles. The van der Waals surface area contributed by atoms with E-state index in [2.05, 4.69) is 23.2 Å². The number of rotatable bonds is 3. The lowest BCUT2D eigenvalue weighted by molar-refractivity contribution is 0.649. The zero-order valence-corrected chi connectivity index (χ0v) is 12.2. The summed E-state index contributed by atoms with van der Waals surface area (Å²) in [7, 11) is 0. The van der Waals surface area contributed by atoms with Crippen LogP contribution >= 0.6 is 12.0 Å². The van der Waals surface area contributed by atoms with Crippen LogP contribution in [-0.4, -0.2) is 11.2 Å². The van der Waals surface area contributed by atoms with Crippen LogP contribution in [-0.2, 0) is 6.54 Å². The lowest BCUT2D eigenvalue weighted by atomic mass is 10.2. The fourth-order valence-corrected chi connectivity index (χ4v) is 2.08. The predicted molar refractivity (Wildman–Crippen MR) is 86.8 cm³/mol. The van der Waals surface area contributed by atoms with Crippen molar-refractivity contribution in [2.24, 2.45) is 5.73 Å². The molecule has 104 valence electrons. The summed E-state index contributed by atoms with van der Waals surface area (Å²) in [4.78, 5) is 3.12. The van der Waals surface area contributed by atoms with Crippen molar-refractivity contribution in [2.45, 2.75) is 6.54 Å². The van der Waals surface area contributed by atoms with Crippen LogP contribution in [0.4, 0.5) is 0 Å². The Morgan fingerprint density at radius 2 is 1.80 bits per heavy atom. The average Bonchev–Trinajstić information content (AvgIpc) is 2.97. The van der Waals surface area contributed by atoms with Crippen LogP contribution in [0.1, 0.15) is 5.56 Å². The van der Waals surface area contributed by atoms with Crippen molar-refractivity contribution < 1.29 is 4.18 Å². The van der Waals surface area contributed by atoms with E-state index < -0.39 is 0 Å². The molecule has 0 unspecified atom stereocenters. The maximum atomic E-state index is 5.43. The fourth-order valence-electron chi connectivity index (χ4n) is 1.77. The molecule has 0 radical (unpaired) electrons. The lowest BCUT2D eigenvalue weighted by Gasteiger charge is -2.00. The number of H-pyrrole nitrogens is 1. The van der Waals surface area contributed by atoms with E-state index in [9.17, 15) is 0 Å². The normalized spacial score (nSPS) is 9.90. The Kier molecular flexibility index (Phi) is 5.53. The first-order valence-electron chi connectivity index (χ1n) is 6.35. The fraction of sp³-hybridized carbons (Fsp3) is 0.125. The van der Waals surface area contributed by atoms with E-state index in [1.54, 1.807) is 0 Å². The van der Waals surface area contributed by atoms with Gasteiger partial charge in [-0.3, -0.25) is 0 Å². The quantitative estimate of drug-likeness (QED) is 0.716. The number of aromatic amines is 1. The van der Waals surface area contributed by atoms with Crippen LogP contribution in [0.3, 0.4) is 0 Å². The Labute approximate surface area is 123 Å². The number of fused-ring (bicyclic) bond motifs is 1.